The van der Waals surface area contributed by atoms with Crippen molar-refractivity contribution in [3.05, 3.63) is 0 Å². The first-order valence-corrected chi connectivity index (χ1v) is 6.60. The van der Waals surface area contributed by atoms with Gasteiger partial charge in [0.15, 0.2) is 0 Å². The van der Waals surface area contributed by atoms with E-state index in [1.807, 2.05) is 0 Å². The Morgan fingerprint density at radius 1 is 1.21 bits per heavy atom. The number of sulfonamides is 1. The molecule has 0 aliphatic heterocycles. The van der Waals surface area contributed by atoms with Crippen LogP contribution >= 0.6 is 0 Å². The summed E-state index contributed by atoms with van der Waals surface area (Å²) in [6, 6.07) is 0. The summed E-state index contributed by atoms with van der Waals surface area (Å²) in [6.07, 6.45) is 0. The van der Waals surface area contributed by atoms with Gasteiger partial charge in [0.25, 0.3) is 0 Å². The maximum atomic E-state index is 11.2. The van der Waals surface area contributed by atoms with E-state index in [9.17, 15) is 8.42 Å². The Morgan fingerprint density at radius 3 is 2.21 bits per heavy atom. The highest BCUT2D eigenvalue weighted by molar-refractivity contribution is 7.89. The van der Waals surface area contributed by atoms with Crippen molar-refractivity contribution in [2.45, 2.75) is 27.7 Å². The summed E-state index contributed by atoms with van der Waals surface area (Å²) in [6.45, 7) is 9.90. The van der Waals surface area contributed by atoms with Crippen LogP contribution in [0.1, 0.15) is 27.7 Å². The summed E-state index contributed by atoms with van der Waals surface area (Å²) in [5, 5.41) is 3.12. The highest BCUT2D eigenvalue weighted by Gasteiger charge is 2.11. The van der Waals surface area contributed by atoms with Crippen LogP contribution < -0.4 is 10.0 Å². The van der Waals surface area contributed by atoms with E-state index in [2.05, 4.69) is 30.8 Å². The molecule has 0 spiro atoms. The number of hydrogen-bond acceptors (Lipinski definition) is 3. The first kappa shape index (κ1) is 13.9. The van der Waals surface area contributed by atoms with E-state index < -0.39 is 10.0 Å². The standard InChI is InChI=1S/C9H22N2O2S/c1-5-11-14(12,13)7-6-10-8-9(2,3)4/h10-11H,5-8H2,1-4H3. The third kappa shape index (κ3) is 8.47. The molecule has 0 aromatic carbocycles. The van der Waals surface area contributed by atoms with Gasteiger partial charge in [-0.15, -0.1) is 0 Å². The molecule has 0 rings (SSSR count). The molecule has 2 N–H and O–H groups in total. The zero-order chi connectivity index (χ0) is 11.2. The van der Waals surface area contributed by atoms with Crippen molar-refractivity contribution < 1.29 is 8.42 Å². The highest BCUT2D eigenvalue weighted by Crippen LogP contribution is 2.09. The maximum Gasteiger partial charge on any atom is 0.212 e. The van der Waals surface area contributed by atoms with Gasteiger partial charge in [0.2, 0.25) is 10.0 Å². The monoisotopic (exact) mass is 222 g/mol. The van der Waals surface area contributed by atoms with Crippen LogP contribution in [0.2, 0.25) is 0 Å². The van der Waals surface area contributed by atoms with E-state index >= 15 is 0 Å². The Balaban J connectivity index is 3.65. The van der Waals surface area contributed by atoms with Gasteiger partial charge in [0, 0.05) is 19.6 Å². The van der Waals surface area contributed by atoms with Gasteiger partial charge in [-0.05, 0) is 5.41 Å². The Labute approximate surface area is 87.5 Å². The molecule has 0 aliphatic carbocycles. The van der Waals surface area contributed by atoms with E-state index in [0.29, 0.717) is 13.1 Å². The molecule has 0 unspecified atom stereocenters. The molecule has 0 aromatic heterocycles. The summed E-state index contributed by atoms with van der Waals surface area (Å²) in [5.74, 6) is 0.150. The van der Waals surface area contributed by atoms with Crippen LogP contribution in [-0.2, 0) is 10.0 Å². The second kappa shape index (κ2) is 5.68. The van der Waals surface area contributed by atoms with Crippen LogP contribution in [0, 0.1) is 5.41 Å². The second-order valence-electron chi connectivity index (χ2n) is 4.55. The lowest BCUT2D eigenvalue weighted by Gasteiger charge is -2.18. The SMILES string of the molecule is CCNS(=O)(=O)CCNCC(C)(C)C. The normalized spacial score (nSPS) is 13.1. The Morgan fingerprint density at radius 2 is 1.79 bits per heavy atom. The third-order valence-corrected chi connectivity index (χ3v) is 3.04. The van der Waals surface area contributed by atoms with Crippen LogP contribution in [0.5, 0.6) is 0 Å². The first-order valence-electron chi connectivity index (χ1n) is 4.95. The van der Waals surface area contributed by atoms with Crippen molar-refractivity contribution in [1.82, 2.24) is 10.0 Å². The van der Waals surface area contributed by atoms with Crippen LogP contribution in [0.4, 0.5) is 0 Å². The fraction of sp³-hybridized carbons (Fsp3) is 1.00. The van der Waals surface area contributed by atoms with Crippen molar-refractivity contribution in [3.8, 4) is 0 Å². The van der Waals surface area contributed by atoms with Crippen molar-refractivity contribution in [2.24, 2.45) is 5.41 Å². The van der Waals surface area contributed by atoms with Crippen LogP contribution in [-0.4, -0.2) is 33.8 Å². The molecule has 0 amide bonds. The van der Waals surface area contributed by atoms with Crippen LogP contribution in [0.15, 0.2) is 0 Å². The zero-order valence-corrected chi connectivity index (χ0v) is 10.4. The van der Waals surface area contributed by atoms with Crippen molar-refractivity contribution in [1.29, 1.82) is 0 Å². The Kier molecular flexibility index (Phi) is 5.63. The lowest BCUT2D eigenvalue weighted by atomic mass is 9.97. The van der Waals surface area contributed by atoms with E-state index in [-0.39, 0.29) is 11.2 Å². The minimum Gasteiger partial charge on any atom is -0.315 e. The summed E-state index contributed by atoms with van der Waals surface area (Å²) in [7, 11) is -3.06. The maximum absolute atomic E-state index is 11.2. The molecular weight excluding hydrogens is 200 g/mol. The predicted octanol–water partition coefficient (Wildman–Crippen LogP) is 0.561. The van der Waals surface area contributed by atoms with E-state index in [1.165, 1.54) is 0 Å². The summed E-state index contributed by atoms with van der Waals surface area (Å²) in [5.41, 5.74) is 0.196. The smallest absolute Gasteiger partial charge is 0.212 e. The molecule has 0 fully saturated rings. The quantitative estimate of drug-likeness (QED) is 0.646. The molecule has 0 aromatic rings. The average molecular weight is 222 g/mol. The molecule has 86 valence electrons. The van der Waals surface area contributed by atoms with Gasteiger partial charge in [-0.1, -0.05) is 27.7 Å². The van der Waals surface area contributed by atoms with Gasteiger partial charge in [-0.25, -0.2) is 13.1 Å². The lowest BCUT2D eigenvalue weighted by Crippen LogP contribution is -2.35. The molecule has 0 saturated heterocycles. The molecule has 0 saturated carbocycles. The predicted molar refractivity (Wildman–Crippen MR) is 59.8 cm³/mol. The second-order valence-corrected chi connectivity index (χ2v) is 6.48. The first-order chi connectivity index (χ1) is 6.27. The summed E-state index contributed by atoms with van der Waals surface area (Å²) >= 11 is 0. The van der Waals surface area contributed by atoms with E-state index in [1.54, 1.807) is 6.92 Å². The summed E-state index contributed by atoms with van der Waals surface area (Å²) in [4.78, 5) is 0. The number of nitrogens with one attached hydrogen (secondary N) is 2. The van der Waals surface area contributed by atoms with Gasteiger partial charge < -0.3 is 5.32 Å². The molecule has 0 radical (unpaired) electrons. The number of hydrogen-bond donors (Lipinski definition) is 2. The van der Waals surface area contributed by atoms with E-state index in [4.69, 9.17) is 0 Å². The van der Waals surface area contributed by atoms with Crippen LogP contribution in [0.25, 0.3) is 0 Å². The third-order valence-electron chi connectivity index (χ3n) is 1.57. The van der Waals surface area contributed by atoms with Gasteiger partial charge in [0.1, 0.15) is 0 Å². The van der Waals surface area contributed by atoms with Crippen molar-refractivity contribution in [3.63, 3.8) is 0 Å². The van der Waals surface area contributed by atoms with Gasteiger partial charge in [-0.2, -0.15) is 0 Å². The molecule has 0 heterocycles. The molecule has 5 heteroatoms. The fourth-order valence-corrected chi connectivity index (χ4v) is 1.96. The molecule has 4 nitrogen and oxygen atoms in total. The highest BCUT2D eigenvalue weighted by atomic mass is 32.2. The zero-order valence-electron chi connectivity index (χ0n) is 9.55. The molecule has 14 heavy (non-hydrogen) atoms. The van der Waals surface area contributed by atoms with Crippen LogP contribution in [0.3, 0.4) is 0 Å². The van der Waals surface area contributed by atoms with Crippen molar-refractivity contribution in [2.75, 3.05) is 25.4 Å². The Bertz CT molecular complexity index is 242. The average Bonchev–Trinajstić information content (AvgIpc) is 1.96. The summed E-state index contributed by atoms with van der Waals surface area (Å²) < 4.78 is 24.9. The fourth-order valence-electron chi connectivity index (χ4n) is 0.962. The van der Waals surface area contributed by atoms with Gasteiger partial charge >= 0.3 is 0 Å². The molecule has 0 aliphatic rings. The molecular formula is C9H22N2O2S. The van der Waals surface area contributed by atoms with Gasteiger partial charge in [0.05, 0.1) is 5.75 Å². The Hall–Kier alpha value is -0.130. The van der Waals surface area contributed by atoms with E-state index in [0.717, 1.165) is 6.54 Å². The minimum atomic E-state index is -3.06. The molecule has 0 bridgehead atoms. The molecule has 0 atom stereocenters. The topological polar surface area (TPSA) is 58.2 Å². The number of rotatable bonds is 6. The largest absolute Gasteiger partial charge is 0.315 e. The minimum absolute atomic E-state index is 0.150. The van der Waals surface area contributed by atoms with Crippen molar-refractivity contribution >= 4 is 10.0 Å². The van der Waals surface area contributed by atoms with Gasteiger partial charge in [-0.3, -0.25) is 0 Å². The lowest BCUT2D eigenvalue weighted by molar-refractivity contribution is 0.385.